The number of hydrogen-bond donors (Lipinski definition) is 4. The van der Waals surface area contributed by atoms with Crippen LogP contribution in [0.1, 0.15) is 0 Å². The second-order valence-corrected chi connectivity index (χ2v) is 4.99. The lowest BCUT2D eigenvalue weighted by molar-refractivity contribution is 1.43. The molecule has 2 nitrogen and oxygen atoms in total. The van der Waals surface area contributed by atoms with Gasteiger partial charge in [-0.05, 0) is 36.5 Å². The standard InChI is InChI=1S/C13H12N2S3/c16-11-7-3-1-5-9(11)14-13(18)15-10-6-2-4-8-12(10)17/h1-8,16-17H,(H2,14,15,18). The summed E-state index contributed by atoms with van der Waals surface area (Å²) in [4.78, 5) is 1.70. The van der Waals surface area contributed by atoms with Gasteiger partial charge in [0.1, 0.15) is 0 Å². The van der Waals surface area contributed by atoms with Crippen molar-refractivity contribution in [2.45, 2.75) is 9.79 Å². The van der Waals surface area contributed by atoms with Crippen LogP contribution in [0.5, 0.6) is 0 Å². The van der Waals surface area contributed by atoms with Gasteiger partial charge in [0, 0.05) is 9.79 Å². The molecule has 0 saturated carbocycles. The molecule has 0 fully saturated rings. The molecule has 2 aromatic carbocycles. The molecule has 0 spiro atoms. The molecular formula is C13H12N2S3. The highest BCUT2D eigenvalue weighted by Crippen LogP contribution is 2.21. The van der Waals surface area contributed by atoms with E-state index in [1.54, 1.807) is 0 Å². The highest BCUT2D eigenvalue weighted by molar-refractivity contribution is 7.81. The molecule has 0 aromatic heterocycles. The lowest BCUT2D eigenvalue weighted by atomic mass is 10.3. The van der Waals surface area contributed by atoms with Crippen LogP contribution in [0, 0.1) is 0 Å². The van der Waals surface area contributed by atoms with Crippen LogP contribution < -0.4 is 10.6 Å². The number of anilines is 2. The van der Waals surface area contributed by atoms with E-state index in [4.69, 9.17) is 12.2 Å². The normalized spacial score (nSPS) is 9.89. The minimum atomic E-state index is 0.512. The van der Waals surface area contributed by atoms with Crippen LogP contribution in [0.25, 0.3) is 0 Å². The Kier molecular flexibility index (Phi) is 4.52. The van der Waals surface area contributed by atoms with Crippen LogP contribution in [0.3, 0.4) is 0 Å². The highest BCUT2D eigenvalue weighted by Gasteiger charge is 2.03. The lowest BCUT2D eigenvalue weighted by Gasteiger charge is -2.13. The van der Waals surface area contributed by atoms with Crippen LogP contribution in [0.2, 0.25) is 0 Å². The summed E-state index contributed by atoms with van der Waals surface area (Å²) in [7, 11) is 0. The molecule has 0 heterocycles. The van der Waals surface area contributed by atoms with E-state index in [-0.39, 0.29) is 0 Å². The molecule has 0 radical (unpaired) electrons. The maximum Gasteiger partial charge on any atom is 0.175 e. The Hall–Kier alpha value is -1.17. The Balaban J connectivity index is 2.06. The quantitative estimate of drug-likeness (QED) is 0.496. The molecule has 0 unspecified atom stereocenters. The maximum absolute atomic E-state index is 5.25. The number of thiocarbonyl (C=S) groups is 1. The van der Waals surface area contributed by atoms with Crippen LogP contribution >= 0.6 is 37.5 Å². The molecule has 2 N–H and O–H groups in total. The first-order valence-corrected chi connectivity index (χ1v) is 6.61. The van der Waals surface area contributed by atoms with E-state index in [2.05, 4.69) is 35.9 Å². The zero-order chi connectivity index (χ0) is 13.0. The Morgan fingerprint density at radius 1 is 0.778 bits per heavy atom. The van der Waals surface area contributed by atoms with Crippen LogP contribution in [0.4, 0.5) is 11.4 Å². The summed E-state index contributed by atoms with van der Waals surface area (Å²) in [5.74, 6) is 0. The molecule has 2 aromatic rings. The lowest BCUT2D eigenvalue weighted by Crippen LogP contribution is -2.19. The first kappa shape index (κ1) is 13.3. The van der Waals surface area contributed by atoms with Crippen LogP contribution in [0.15, 0.2) is 58.3 Å². The van der Waals surface area contributed by atoms with Gasteiger partial charge in [-0.3, -0.25) is 0 Å². The number of para-hydroxylation sites is 2. The fourth-order valence-electron chi connectivity index (χ4n) is 1.43. The molecule has 0 aliphatic heterocycles. The third kappa shape index (κ3) is 3.41. The molecule has 0 amide bonds. The van der Waals surface area contributed by atoms with E-state index in [1.165, 1.54) is 0 Å². The van der Waals surface area contributed by atoms with Crippen molar-refractivity contribution in [3.05, 3.63) is 48.5 Å². The van der Waals surface area contributed by atoms with E-state index in [0.717, 1.165) is 21.2 Å². The van der Waals surface area contributed by atoms with Gasteiger partial charge in [0.2, 0.25) is 0 Å². The minimum Gasteiger partial charge on any atom is -0.332 e. The van der Waals surface area contributed by atoms with Gasteiger partial charge in [0.05, 0.1) is 11.4 Å². The molecule has 0 atom stereocenters. The van der Waals surface area contributed by atoms with E-state index in [9.17, 15) is 0 Å². The van der Waals surface area contributed by atoms with E-state index in [1.807, 2.05) is 48.5 Å². The summed E-state index contributed by atoms with van der Waals surface area (Å²) in [6, 6.07) is 15.3. The molecule has 18 heavy (non-hydrogen) atoms. The second kappa shape index (κ2) is 6.13. The fourth-order valence-corrected chi connectivity index (χ4v) is 2.09. The van der Waals surface area contributed by atoms with Gasteiger partial charge < -0.3 is 10.6 Å². The third-order valence-corrected chi connectivity index (χ3v) is 3.29. The van der Waals surface area contributed by atoms with Gasteiger partial charge in [-0.2, -0.15) is 0 Å². The summed E-state index contributed by atoms with van der Waals surface area (Å²) in [6.45, 7) is 0. The number of nitrogens with one attached hydrogen (secondary N) is 2. The van der Waals surface area contributed by atoms with Crippen LogP contribution in [-0.4, -0.2) is 5.11 Å². The number of hydrogen-bond acceptors (Lipinski definition) is 3. The Morgan fingerprint density at radius 2 is 1.17 bits per heavy atom. The van der Waals surface area contributed by atoms with Crippen molar-refractivity contribution in [1.29, 1.82) is 0 Å². The van der Waals surface area contributed by atoms with Crippen molar-refractivity contribution >= 4 is 54.0 Å². The van der Waals surface area contributed by atoms with E-state index in [0.29, 0.717) is 5.11 Å². The SMILES string of the molecule is S=C(Nc1ccccc1S)Nc1ccccc1S. The van der Waals surface area contributed by atoms with Gasteiger partial charge in [-0.25, -0.2) is 0 Å². The summed E-state index contributed by atoms with van der Waals surface area (Å²) in [6.07, 6.45) is 0. The van der Waals surface area contributed by atoms with Crippen molar-refractivity contribution in [1.82, 2.24) is 0 Å². The monoisotopic (exact) mass is 292 g/mol. The van der Waals surface area contributed by atoms with Crippen molar-refractivity contribution in [2.75, 3.05) is 10.6 Å². The smallest absolute Gasteiger partial charge is 0.175 e. The zero-order valence-corrected chi connectivity index (χ0v) is 12.0. The van der Waals surface area contributed by atoms with Crippen molar-refractivity contribution in [3.8, 4) is 0 Å². The number of rotatable bonds is 2. The van der Waals surface area contributed by atoms with Crippen molar-refractivity contribution in [2.24, 2.45) is 0 Å². The van der Waals surface area contributed by atoms with E-state index < -0.39 is 0 Å². The van der Waals surface area contributed by atoms with Gasteiger partial charge >= 0.3 is 0 Å². The predicted octanol–water partition coefficient (Wildman–Crippen LogP) is 4.07. The molecule has 0 bridgehead atoms. The summed E-state index contributed by atoms with van der Waals surface area (Å²) in [5.41, 5.74) is 1.74. The Morgan fingerprint density at radius 3 is 1.56 bits per heavy atom. The average molecular weight is 292 g/mol. The van der Waals surface area contributed by atoms with Gasteiger partial charge in [-0.15, -0.1) is 25.3 Å². The van der Waals surface area contributed by atoms with Gasteiger partial charge in [0.15, 0.2) is 5.11 Å². The molecule has 92 valence electrons. The van der Waals surface area contributed by atoms with Crippen molar-refractivity contribution < 1.29 is 0 Å². The maximum atomic E-state index is 5.25. The van der Waals surface area contributed by atoms with E-state index >= 15 is 0 Å². The number of thiol groups is 2. The molecule has 0 aliphatic rings. The summed E-state index contributed by atoms with van der Waals surface area (Å²) < 4.78 is 0. The third-order valence-electron chi connectivity index (χ3n) is 2.30. The first-order valence-electron chi connectivity index (χ1n) is 5.31. The molecule has 2 rings (SSSR count). The minimum absolute atomic E-state index is 0.512. The second-order valence-electron chi connectivity index (χ2n) is 3.61. The van der Waals surface area contributed by atoms with Gasteiger partial charge in [0.25, 0.3) is 0 Å². The summed E-state index contributed by atoms with van der Waals surface area (Å²) in [5, 5.41) is 6.70. The molecule has 5 heteroatoms. The highest BCUT2D eigenvalue weighted by atomic mass is 32.1. The first-order chi connectivity index (χ1) is 8.66. The van der Waals surface area contributed by atoms with Crippen molar-refractivity contribution in [3.63, 3.8) is 0 Å². The Bertz CT molecular complexity index is 520. The molecule has 0 saturated heterocycles. The Labute approximate surface area is 123 Å². The fraction of sp³-hybridized carbons (Fsp3) is 0. The average Bonchev–Trinajstić information content (AvgIpc) is 2.35. The zero-order valence-electron chi connectivity index (χ0n) is 9.42. The van der Waals surface area contributed by atoms with Gasteiger partial charge in [-0.1, -0.05) is 24.3 Å². The molecular weight excluding hydrogens is 280 g/mol. The summed E-state index contributed by atoms with van der Waals surface area (Å²) >= 11 is 14.0. The van der Waals surface area contributed by atoms with Crippen LogP contribution in [-0.2, 0) is 0 Å². The largest absolute Gasteiger partial charge is 0.332 e. The topological polar surface area (TPSA) is 24.1 Å². The molecule has 0 aliphatic carbocycles. The predicted molar refractivity (Wildman–Crippen MR) is 87.2 cm³/mol. The number of benzene rings is 2.